The lowest BCUT2D eigenvalue weighted by molar-refractivity contribution is 0.228. The minimum atomic E-state index is -0.0397. The first kappa shape index (κ1) is 14.2. The molecule has 0 unspecified atom stereocenters. The van der Waals surface area contributed by atoms with Gasteiger partial charge in [-0.25, -0.2) is 0 Å². The molecule has 0 aliphatic rings. The van der Waals surface area contributed by atoms with Gasteiger partial charge < -0.3 is 10.6 Å². The van der Waals surface area contributed by atoms with Crippen LogP contribution < -0.4 is 5.73 Å². The minimum Gasteiger partial charge on any atom is -0.324 e. The molecule has 92 valence electrons. The molecule has 0 aliphatic heterocycles. The maximum atomic E-state index is 6.31. The summed E-state index contributed by atoms with van der Waals surface area (Å²) in [5, 5.41) is 2.19. The van der Waals surface area contributed by atoms with E-state index in [1.807, 2.05) is 0 Å². The van der Waals surface area contributed by atoms with Gasteiger partial charge in [0.2, 0.25) is 0 Å². The molecule has 16 heavy (non-hydrogen) atoms. The third kappa shape index (κ3) is 4.17. The number of halogens is 1. The summed E-state index contributed by atoms with van der Waals surface area (Å²) in [7, 11) is 2.14. The van der Waals surface area contributed by atoms with Crippen LogP contribution >= 0.6 is 27.3 Å². The Balaban J connectivity index is 2.50. The van der Waals surface area contributed by atoms with Crippen LogP contribution in [0.1, 0.15) is 32.3 Å². The number of nitrogens with two attached hydrogens (primary N) is 1. The molecule has 0 amide bonds. The molecule has 0 aromatic carbocycles. The maximum Gasteiger partial charge on any atom is 0.0701 e. The van der Waals surface area contributed by atoms with Crippen molar-refractivity contribution in [3.05, 3.63) is 20.8 Å². The van der Waals surface area contributed by atoms with Gasteiger partial charge in [0.1, 0.15) is 0 Å². The zero-order chi connectivity index (χ0) is 12.2. The molecule has 1 aromatic heterocycles. The predicted molar refractivity (Wildman–Crippen MR) is 75.9 cm³/mol. The van der Waals surface area contributed by atoms with Gasteiger partial charge in [-0.1, -0.05) is 13.8 Å². The molecule has 1 aromatic rings. The second kappa shape index (κ2) is 6.15. The molecule has 1 heterocycles. The zero-order valence-corrected chi connectivity index (χ0v) is 12.7. The quantitative estimate of drug-likeness (QED) is 0.872. The molecule has 0 bridgehead atoms. The van der Waals surface area contributed by atoms with Crippen molar-refractivity contribution in [3.8, 4) is 0 Å². The van der Waals surface area contributed by atoms with Crippen molar-refractivity contribution in [2.45, 2.75) is 38.8 Å². The van der Waals surface area contributed by atoms with Crippen molar-refractivity contribution in [2.24, 2.45) is 5.73 Å². The van der Waals surface area contributed by atoms with E-state index in [1.165, 1.54) is 9.35 Å². The molecule has 2 N–H and O–H groups in total. The van der Waals surface area contributed by atoms with Crippen LogP contribution in [0, 0.1) is 0 Å². The smallest absolute Gasteiger partial charge is 0.0701 e. The third-order valence-corrected chi connectivity index (χ3v) is 4.62. The number of hydrogen-bond donors (Lipinski definition) is 1. The molecule has 0 saturated heterocycles. The summed E-state index contributed by atoms with van der Waals surface area (Å²) in [6.45, 7) is 6.26. The molecule has 0 spiro atoms. The average molecular weight is 305 g/mol. The van der Waals surface area contributed by atoms with Crippen molar-refractivity contribution in [1.29, 1.82) is 0 Å². The van der Waals surface area contributed by atoms with Gasteiger partial charge in [0.05, 0.1) is 3.79 Å². The lowest BCUT2D eigenvalue weighted by Gasteiger charge is -2.31. The number of likely N-dealkylation sites (N-methyl/N-ethyl adjacent to an activating group) is 1. The summed E-state index contributed by atoms with van der Waals surface area (Å²) in [4.78, 5) is 2.31. The summed E-state index contributed by atoms with van der Waals surface area (Å²) in [5.74, 6) is 0. The third-order valence-electron chi connectivity index (χ3n) is 3.07. The number of hydrogen-bond acceptors (Lipinski definition) is 3. The summed E-state index contributed by atoms with van der Waals surface area (Å²) in [5.41, 5.74) is 7.62. The van der Waals surface area contributed by atoms with E-state index in [-0.39, 0.29) is 5.54 Å². The van der Waals surface area contributed by atoms with E-state index in [2.05, 4.69) is 53.2 Å². The van der Waals surface area contributed by atoms with E-state index in [4.69, 9.17) is 5.73 Å². The Labute approximate surface area is 111 Å². The predicted octanol–water partition coefficient (Wildman–Crippen LogP) is 3.46. The Morgan fingerprint density at radius 1 is 1.44 bits per heavy atom. The maximum absolute atomic E-state index is 6.31. The van der Waals surface area contributed by atoms with E-state index < -0.39 is 0 Å². The number of rotatable bonds is 6. The van der Waals surface area contributed by atoms with Gasteiger partial charge in [-0.05, 0) is 52.8 Å². The van der Waals surface area contributed by atoms with Crippen LogP contribution in [0.3, 0.4) is 0 Å². The molecule has 0 atom stereocenters. The van der Waals surface area contributed by atoms with E-state index in [0.29, 0.717) is 0 Å². The molecule has 4 heteroatoms. The average Bonchev–Trinajstić information content (AvgIpc) is 2.63. The van der Waals surface area contributed by atoms with Crippen LogP contribution in [0.5, 0.6) is 0 Å². The van der Waals surface area contributed by atoms with Crippen LogP contribution in [0.15, 0.2) is 15.2 Å². The summed E-state index contributed by atoms with van der Waals surface area (Å²) in [6, 6.07) is 2.18. The largest absolute Gasteiger partial charge is 0.324 e. The molecule has 1 rings (SSSR count). The molecule has 0 fully saturated rings. The summed E-state index contributed by atoms with van der Waals surface area (Å²) >= 11 is 5.22. The first-order valence-electron chi connectivity index (χ1n) is 5.69. The first-order chi connectivity index (χ1) is 7.49. The lowest BCUT2D eigenvalue weighted by atomic mass is 9.93. The fraction of sp³-hybridized carbons (Fsp3) is 0.667. The molecule has 0 saturated carbocycles. The van der Waals surface area contributed by atoms with E-state index >= 15 is 0 Å². The fourth-order valence-electron chi connectivity index (χ4n) is 1.81. The summed E-state index contributed by atoms with van der Waals surface area (Å²) < 4.78 is 1.20. The SMILES string of the molecule is CCC(N)(CC)CN(C)Cc1csc(Br)c1. The van der Waals surface area contributed by atoms with Crippen LogP contribution in [0.25, 0.3) is 0 Å². The molecular formula is C12H21BrN2S. The number of nitrogens with zero attached hydrogens (tertiary/aromatic N) is 1. The molecular weight excluding hydrogens is 284 g/mol. The highest BCUT2D eigenvalue weighted by molar-refractivity contribution is 9.11. The second-order valence-corrected chi connectivity index (χ2v) is 6.79. The fourth-order valence-corrected chi connectivity index (χ4v) is 3.01. The van der Waals surface area contributed by atoms with Crippen molar-refractivity contribution in [1.82, 2.24) is 4.90 Å². The van der Waals surface area contributed by atoms with Crippen LogP contribution in [0.2, 0.25) is 0 Å². The van der Waals surface area contributed by atoms with E-state index in [1.54, 1.807) is 11.3 Å². The first-order valence-corrected chi connectivity index (χ1v) is 7.36. The summed E-state index contributed by atoms with van der Waals surface area (Å²) in [6.07, 6.45) is 2.06. The van der Waals surface area contributed by atoms with Gasteiger partial charge in [0.15, 0.2) is 0 Å². The highest BCUT2D eigenvalue weighted by Gasteiger charge is 2.22. The van der Waals surface area contributed by atoms with Crippen LogP contribution in [-0.4, -0.2) is 24.0 Å². The van der Waals surface area contributed by atoms with Crippen molar-refractivity contribution in [3.63, 3.8) is 0 Å². The van der Waals surface area contributed by atoms with Crippen LogP contribution in [0.4, 0.5) is 0 Å². The van der Waals surface area contributed by atoms with Crippen molar-refractivity contribution in [2.75, 3.05) is 13.6 Å². The Bertz CT molecular complexity index is 321. The van der Waals surface area contributed by atoms with E-state index in [9.17, 15) is 0 Å². The number of thiophene rings is 1. The minimum absolute atomic E-state index is 0.0397. The normalized spacial score (nSPS) is 12.4. The molecule has 0 radical (unpaired) electrons. The highest BCUT2D eigenvalue weighted by atomic mass is 79.9. The zero-order valence-electron chi connectivity index (χ0n) is 10.3. The lowest BCUT2D eigenvalue weighted by Crippen LogP contribution is -2.48. The van der Waals surface area contributed by atoms with Crippen LogP contribution in [-0.2, 0) is 6.54 Å². The van der Waals surface area contributed by atoms with Gasteiger partial charge in [-0.2, -0.15) is 0 Å². The Hall–Kier alpha value is 0.100. The van der Waals surface area contributed by atoms with Crippen molar-refractivity contribution >= 4 is 27.3 Å². The standard InChI is InChI=1S/C12H21BrN2S/c1-4-12(14,5-2)9-15(3)7-10-6-11(13)16-8-10/h6,8H,4-5,7,9,14H2,1-3H3. The van der Waals surface area contributed by atoms with Gasteiger partial charge >= 0.3 is 0 Å². The molecule has 2 nitrogen and oxygen atoms in total. The topological polar surface area (TPSA) is 29.3 Å². The Morgan fingerprint density at radius 3 is 2.50 bits per heavy atom. The Kier molecular flexibility index (Phi) is 5.44. The van der Waals surface area contributed by atoms with Gasteiger partial charge in [0.25, 0.3) is 0 Å². The van der Waals surface area contributed by atoms with Gasteiger partial charge in [-0.3, -0.25) is 0 Å². The van der Waals surface area contributed by atoms with Crippen molar-refractivity contribution < 1.29 is 0 Å². The van der Waals surface area contributed by atoms with Gasteiger partial charge in [-0.15, -0.1) is 11.3 Å². The monoisotopic (exact) mass is 304 g/mol. The van der Waals surface area contributed by atoms with E-state index in [0.717, 1.165) is 25.9 Å². The molecule has 0 aliphatic carbocycles. The second-order valence-electron chi connectivity index (χ2n) is 4.50. The Morgan fingerprint density at radius 2 is 2.06 bits per heavy atom. The highest BCUT2D eigenvalue weighted by Crippen LogP contribution is 2.22. The van der Waals surface area contributed by atoms with Gasteiger partial charge in [0, 0.05) is 18.6 Å².